The van der Waals surface area contributed by atoms with Crippen LogP contribution in [0.1, 0.15) is 24.2 Å². The highest BCUT2D eigenvalue weighted by Crippen LogP contribution is 2.35. The SMILES string of the molecule is COc1ncc(-c2n[nH]c3ccc(O[C@H](C)c4c(Cl)cncc4Cl)cc23)cc1C#N. The highest BCUT2D eigenvalue weighted by atomic mass is 35.5. The lowest BCUT2D eigenvalue weighted by molar-refractivity contribution is 0.227. The van der Waals surface area contributed by atoms with Gasteiger partial charge in [0.15, 0.2) is 0 Å². The van der Waals surface area contributed by atoms with Crippen LogP contribution in [0.4, 0.5) is 0 Å². The molecule has 3 aromatic heterocycles. The fraction of sp³-hybridized carbons (Fsp3) is 0.143. The number of fused-ring (bicyclic) bond motifs is 1. The molecule has 9 heteroatoms. The zero-order chi connectivity index (χ0) is 21.3. The van der Waals surface area contributed by atoms with Crippen LogP contribution in [-0.4, -0.2) is 27.3 Å². The molecule has 0 aliphatic carbocycles. The van der Waals surface area contributed by atoms with Crippen LogP contribution in [0.25, 0.3) is 22.2 Å². The van der Waals surface area contributed by atoms with E-state index < -0.39 is 6.10 Å². The fourth-order valence-electron chi connectivity index (χ4n) is 3.18. The van der Waals surface area contributed by atoms with Gasteiger partial charge in [0.25, 0.3) is 0 Å². The Kier molecular flexibility index (Phi) is 5.44. The van der Waals surface area contributed by atoms with Crippen LogP contribution in [0.2, 0.25) is 10.0 Å². The summed E-state index contributed by atoms with van der Waals surface area (Å²) in [5, 5.41) is 18.4. The first-order chi connectivity index (χ1) is 14.5. The van der Waals surface area contributed by atoms with Gasteiger partial charge < -0.3 is 9.47 Å². The van der Waals surface area contributed by atoms with Crippen molar-refractivity contribution in [3.63, 3.8) is 0 Å². The summed E-state index contributed by atoms with van der Waals surface area (Å²) in [7, 11) is 1.47. The second kappa shape index (κ2) is 8.19. The monoisotopic (exact) mass is 439 g/mol. The quantitative estimate of drug-likeness (QED) is 0.450. The molecule has 150 valence electrons. The number of rotatable bonds is 5. The third kappa shape index (κ3) is 3.63. The highest BCUT2D eigenvalue weighted by molar-refractivity contribution is 6.35. The molecule has 0 aliphatic rings. The summed E-state index contributed by atoms with van der Waals surface area (Å²) in [4.78, 5) is 8.17. The van der Waals surface area contributed by atoms with E-state index in [-0.39, 0.29) is 5.88 Å². The number of halogens is 2. The van der Waals surface area contributed by atoms with Crippen molar-refractivity contribution in [1.82, 2.24) is 20.2 Å². The lowest BCUT2D eigenvalue weighted by Crippen LogP contribution is -2.05. The summed E-state index contributed by atoms with van der Waals surface area (Å²) in [6.07, 6.45) is 4.28. The Hall–Kier alpha value is -3.34. The Bertz CT molecular complexity index is 1260. The first kappa shape index (κ1) is 20.0. The molecule has 0 unspecified atom stereocenters. The van der Waals surface area contributed by atoms with E-state index in [0.717, 1.165) is 10.9 Å². The molecule has 0 amide bonds. The molecule has 1 N–H and O–H groups in total. The average molecular weight is 440 g/mol. The maximum Gasteiger partial charge on any atom is 0.231 e. The van der Waals surface area contributed by atoms with Gasteiger partial charge in [-0.15, -0.1) is 0 Å². The van der Waals surface area contributed by atoms with E-state index >= 15 is 0 Å². The van der Waals surface area contributed by atoms with E-state index in [4.69, 9.17) is 32.7 Å². The van der Waals surface area contributed by atoms with Crippen molar-refractivity contribution in [2.24, 2.45) is 0 Å². The number of aromatic nitrogens is 4. The number of nitriles is 1. The van der Waals surface area contributed by atoms with Gasteiger partial charge in [-0.25, -0.2) is 4.98 Å². The number of hydrogen-bond acceptors (Lipinski definition) is 6. The van der Waals surface area contributed by atoms with Crippen molar-refractivity contribution in [1.29, 1.82) is 5.26 Å². The van der Waals surface area contributed by atoms with Gasteiger partial charge in [0, 0.05) is 35.1 Å². The number of pyridine rings is 2. The van der Waals surface area contributed by atoms with Crippen LogP contribution >= 0.6 is 23.2 Å². The molecular formula is C21H15Cl2N5O2. The molecule has 0 radical (unpaired) electrons. The van der Waals surface area contributed by atoms with Crippen LogP contribution < -0.4 is 9.47 Å². The molecular weight excluding hydrogens is 425 g/mol. The van der Waals surface area contributed by atoms with E-state index in [1.807, 2.05) is 25.1 Å². The summed E-state index contributed by atoms with van der Waals surface area (Å²) in [5.74, 6) is 0.883. The van der Waals surface area contributed by atoms with Crippen LogP contribution in [0.3, 0.4) is 0 Å². The minimum atomic E-state index is -0.395. The summed E-state index contributed by atoms with van der Waals surface area (Å²) in [6, 6.07) is 9.33. The van der Waals surface area contributed by atoms with Gasteiger partial charge in [0.05, 0.1) is 22.7 Å². The van der Waals surface area contributed by atoms with Gasteiger partial charge in [-0.05, 0) is 31.2 Å². The predicted molar refractivity (Wildman–Crippen MR) is 114 cm³/mol. The first-order valence-electron chi connectivity index (χ1n) is 8.90. The first-order valence-corrected chi connectivity index (χ1v) is 9.65. The van der Waals surface area contributed by atoms with E-state index in [1.165, 1.54) is 19.5 Å². The van der Waals surface area contributed by atoms with E-state index in [1.54, 1.807) is 12.3 Å². The molecule has 30 heavy (non-hydrogen) atoms. The Morgan fingerprint density at radius 2 is 1.90 bits per heavy atom. The number of nitrogens with one attached hydrogen (secondary N) is 1. The second-order valence-electron chi connectivity index (χ2n) is 6.45. The summed E-state index contributed by atoms with van der Waals surface area (Å²) in [6.45, 7) is 1.86. The van der Waals surface area contributed by atoms with Crippen molar-refractivity contribution in [3.8, 4) is 29.0 Å². The zero-order valence-corrected chi connectivity index (χ0v) is 17.5. The molecule has 0 saturated carbocycles. The molecule has 0 spiro atoms. The van der Waals surface area contributed by atoms with Gasteiger partial charge in [-0.2, -0.15) is 10.4 Å². The molecule has 4 rings (SSSR count). The summed E-state index contributed by atoms with van der Waals surface area (Å²) in [5.41, 5.74) is 3.14. The Morgan fingerprint density at radius 3 is 2.60 bits per heavy atom. The molecule has 1 atom stereocenters. The maximum absolute atomic E-state index is 9.34. The number of methoxy groups -OCH3 is 1. The molecule has 0 fully saturated rings. The number of hydrogen-bond donors (Lipinski definition) is 1. The summed E-state index contributed by atoms with van der Waals surface area (Å²) >= 11 is 12.5. The van der Waals surface area contributed by atoms with Crippen molar-refractivity contribution < 1.29 is 9.47 Å². The Morgan fingerprint density at radius 1 is 1.13 bits per heavy atom. The van der Waals surface area contributed by atoms with Crippen LogP contribution in [0.5, 0.6) is 11.6 Å². The van der Waals surface area contributed by atoms with Crippen LogP contribution in [-0.2, 0) is 0 Å². The number of aromatic amines is 1. The van der Waals surface area contributed by atoms with E-state index in [2.05, 4.69) is 26.2 Å². The average Bonchev–Trinajstić information content (AvgIpc) is 3.16. The highest BCUT2D eigenvalue weighted by Gasteiger charge is 2.17. The number of H-pyrrole nitrogens is 1. The van der Waals surface area contributed by atoms with Crippen LogP contribution in [0.15, 0.2) is 42.9 Å². The van der Waals surface area contributed by atoms with Crippen molar-refractivity contribution >= 4 is 34.1 Å². The molecule has 0 aliphatic heterocycles. The third-order valence-electron chi connectivity index (χ3n) is 4.58. The molecule has 4 aromatic rings. The Labute approximate surface area is 182 Å². The van der Waals surface area contributed by atoms with E-state index in [0.29, 0.717) is 38.2 Å². The topological polar surface area (TPSA) is 96.7 Å². The smallest absolute Gasteiger partial charge is 0.231 e. The largest absolute Gasteiger partial charge is 0.486 e. The van der Waals surface area contributed by atoms with Gasteiger partial charge in [0.2, 0.25) is 5.88 Å². The number of ether oxygens (including phenoxy) is 2. The standard InChI is InChI=1S/C21H15Cl2N5O2/c1-11(19-16(22)9-25-10-17(19)23)30-14-3-4-18-15(6-14)20(28-27-18)13-5-12(7-24)21(29-2)26-8-13/h3-6,8-11H,1-2H3,(H,27,28)/t11-/m1/s1. The van der Waals surface area contributed by atoms with Crippen molar-refractivity contribution in [3.05, 3.63) is 64.0 Å². The lowest BCUT2D eigenvalue weighted by atomic mass is 10.1. The van der Waals surface area contributed by atoms with Gasteiger partial charge >= 0.3 is 0 Å². The van der Waals surface area contributed by atoms with Gasteiger partial charge in [-0.3, -0.25) is 10.1 Å². The number of benzene rings is 1. The van der Waals surface area contributed by atoms with Crippen molar-refractivity contribution in [2.75, 3.05) is 7.11 Å². The minimum Gasteiger partial charge on any atom is -0.486 e. The molecule has 0 saturated heterocycles. The Balaban J connectivity index is 1.71. The van der Waals surface area contributed by atoms with Gasteiger partial charge in [0.1, 0.15) is 29.2 Å². The summed E-state index contributed by atoms with van der Waals surface area (Å²) < 4.78 is 11.2. The number of nitrogens with zero attached hydrogens (tertiary/aromatic N) is 4. The zero-order valence-electron chi connectivity index (χ0n) is 16.0. The minimum absolute atomic E-state index is 0.269. The molecule has 0 bridgehead atoms. The molecule has 7 nitrogen and oxygen atoms in total. The normalized spacial score (nSPS) is 11.8. The maximum atomic E-state index is 9.34. The predicted octanol–water partition coefficient (Wildman–Crippen LogP) is 5.35. The van der Waals surface area contributed by atoms with Crippen molar-refractivity contribution in [2.45, 2.75) is 13.0 Å². The lowest BCUT2D eigenvalue weighted by Gasteiger charge is -2.17. The third-order valence-corrected chi connectivity index (χ3v) is 5.18. The fourth-order valence-corrected chi connectivity index (χ4v) is 3.86. The van der Waals surface area contributed by atoms with E-state index in [9.17, 15) is 5.26 Å². The van der Waals surface area contributed by atoms with Crippen LogP contribution in [0, 0.1) is 11.3 Å². The molecule has 1 aromatic carbocycles. The molecule has 3 heterocycles. The second-order valence-corrected chi connectivity index (χ2v) is 7.26. The van der Waals surface area contributed by atoms with Gasteiger partial charge in [-0.1, -0.05) is 23.2 Å².